The lowest BCUT2D eigenvalue weighted by atomic mass is 9.89. The van der Waals surface area contributed by atoms with Gasteiger partial charge in [-0.05, 0) is 24.0 Å². The van der Waals surface area contributed by atoms with Gasteiger partial charge in [-0.1, -0.05) is 19.9 Å². The highest BCUT2D eigenvalue weighted by Crippen LogP contribution is 2.26. The summed E-state index contributed by atoms with van der Waals surface area (Å²) < 4.78 is 5.07. The highest BCUT2D eigenvalue weighted by molar-refractivity contribution is 5.97. The molecular weight excluding hydrogens is 244 g/mol. The summed E-state index contributed by atoms with van der Waals surface area (Å²) in [5.74, 6) is -1.01. The van der Waals surface area contributed by atoms with Crippen molar-refractivity contribution in [1.29, 1.82) is 0 Å². The normalized spacial score (nSPS) is 11.3. The lowest BCUT2D eigenvalue weighted by Gasteiger charge is -2.25. The lowest BCUT2D eigenvalue weighted by molar-refractivity contribution is 0.0698. The zero-order valence-corrected chi connectivity index (χ0v) is 11.7. The van der Waals surface area contributed by atoms with E-state index in [2.05, 4.69) is 19.2 Å². The Labute approximate surface area is 113 Å². The second kappa shape index (κ2) is 6.43. The topological polar surface area (TPSA) is 84.6 Å². The highest BCUT2D eigenvalue weighted by Gasteiger charge is 2.18. The molecule has 0 amide bonds. The van der Waals surface area contributed by atoms with E-state index in [0.717, 1.165) is 6.42 Å². The number of nitrogen functional groups attached to an aromatic ring is 1. The molecule has 5 nitrogen and oxygen atoms in total. The smallest absolute Gasteiger partial charge is 0.337 e. The molecule has 1 aromatic rings. The Bertz CT molecular complexity index is 444. The van der Waals surface area contributed by atoms with Gasteiger partial charge in [0, 0.05) is 20.3 Å². The quantitative estimate of drug-likeness (QED) is 0.660. The van der Waals surface area contributed by atoms with Crippen LogP contribution >= 0.6 is 0 Å². The number of para-hydroxylation sites is 1. The Morgan fingerprint density at radius 2 is 2.16 bits per heavy atom. The molecule has 0 aliphatic carbocycles. The molecule has 0 unspecified atom stereocenters. The number of nitrogens with one attached hydrogen (secondary N) is 1. The molecule has 1 aromatic carbocycles. The van der Waals surface area contributed by atoms with Crippen LogP contribution in [0.3, 0.4) is 0 Å². The predicted molar refractivity (Wildman–Crippen MR) is 76.6 cm³/mol. The number of nitrogens with two attached hydrogens (primary N) is 1. The number of ether oxygens (including phenoxy) is 1. The minimum atomic E-state index is -1.01. The van der Waals surface area contributed by atoms with Crippen LogP contribution in [0, 0.1) is 5.41 Å². The van der Waals surface area contributed by atoms with Crippen molar-refractivity contribution in [3.05, 3.63) is 23.8 Å². The molecule has 0 saturated carbocycles. The van der Waals surface area contributed by atoms with E-state index in [9.17, 15) is 4.79 Å². The van der Waals surface area contributed by atoms with Crippen molar-refractivity contribution in [1.82, 2.24) is 0 Å². The zero-order valence-electron chi connectivity index (χ0n) is 11.7. The second-order valence-electron chi connectivity index (χ2n) is 5.33. The Balaban J connectivity index is 2.73. The molecule has 5 heteroatoms. The van der Waals surface area contributed by atoms with Crippen molar-refractivity contribution in [3.63, 3.8) is 0 Å². The first-order valence-electron chi connectivity index (χ1n) is 6.22. The maximum Gasteiger partial charge on any atom is 0.337 e. The van der Waals surface area contributed by atoms with Gasteiger partial charge < -0.3 is 20.9 Å². The molecule has 0 saturated heterocycles. The third-order valence-corrected chi connectivity index (χ3v) is 3.08. The van der Waals surface area contributed by atoms with E-state index < -0.39 is 5.97 Å². The number of carbonyl (C=O) groups is 1. The van der Waals surface area contributed by atoms with Gasteiger partial charge in [0.05, 0.1) is 16.9 Å². The van der Waals surface area contributed by atoms with Gasteiger partial charge in [0.25, 0.3) is 0 Å². The van der Waals surface area contributed by atoms with Gasteiger partial charge in [-0.3, -0.25) is 0 Å². The first kappa shape index (κ1) is 15.3. The molecule has 0 aliphatic rings. The monoisotopic (exact) mass is 266 g/mol. The number of hydrogen-bond donors (Lipinski definition) is 3. The van der Waals surface area contributed by atoms with Crippen molar-refractivity contribution >= 4 is 17.3 Å². The molecule has 0 heterocycles. The van der Waals surface area contributed by atoms with Gasteiger partial charge in [-0.25, -0.2) is 4.79 Å². The molecule has 4 N–H and O–H groups in total. The first-order chi connectivity index (χ1) is 8.87. The minimum absolute atomic E-state index is 0.0433. The van der Waals surface area contributed by atoms with Gasteiger partial charge in [0.15, 0.2) is 0 Å². The fourth-order valence-electron chi connectivity index (χ4n) is 1.71. The van der Waals surface area contributed by atoms with Crippen LogP contribution in [-0.4, -0.2) is 31.3 Å². The summed E-state index contributed by atoms with van der Waals surface area (Å²) in [4.78, 5) is 11.0. The lowest BCUT2D eigenvalue weighted by Crippen LogP contribution is -2.25. The van der Waals surface area contributed by atoms with Crippen molar-refractivity contribution in [2.75, 3.05) is 31.3 Å². The maximum absolute atomic E-state index is 11.0. The van der Waals surface area contributed by atoms with E-state index in [0.29, 0.717) is 18.8 Å². The highest BCUT2D eigenvalue weighted by atomic mass is 16.5. The standard InChI is InChI=1S/C14H22N2O3/c1-14(2,7-8-19-3)9-16-11-6-4-5-10(12(11)15)13(17)18/h4-6,16H,7-9,15H2,1-3H3,(H,17,18). The number of carboxylic acid groups (broad SMARTS) is 1. The van der Waals surface area contributed by atoms with Crippen LogP contribution in [0.2, 0.25) is 0 Å². The van der Waals surface area contributed by atoms with Crippen LogP contribution in [-0.2, 0) is 4.74 Å². The number of aromatic carboxylic acids is 1. The van der Waals surface area contributed by atoms with E-state index in [1.165, 1.54) is 6.07 Å². The Morgan fingerprint density at radius 1 is 1.47 bits per heavy atom. The Morgan fingerprint density at radius 3 is 2.74 bits per heavy atom. The van der Waals surface area contributed by atoms with Gasteiger partial charge in [-0.2, -0.15) is 0 Å². The second-order valence-corrected chi connectivity index (χ2v) is 5.33. The van der Waals surface area contributed by atoms with Crippen molar-refractivity contribution in [2.45, 2.75) is 20.3 Å². The van der Waals surface area contributed by atoms with Crippen LogP contribution in [0.25, 0.3) is 0 Å². The molecule has 0 spiro atoms. The molecule has 106 valence electrons. The van der Waals surface area contributed by atoms with E-state index in [-0.39, 0.29) is 16.7 Å². The maximum atomic E-state index is 11.0. The van der Waals surface area contributed by atoms with Crippen LogP contribution in [0.4, 0.5) is 11.4 Å². The van der Waals surface area contributed by atoms with Crippen LogP contribution in [0.1, 0.15) is 30.6 Å². The number of rotatable bonds is 7. The summed E-state index contributed by atoms with van der Waals surface area (Å²) in [5, 5.41) is 12.2. The molecule has 0 fully saturated rings. The number of methoxy groups -OCH3 is 1. The van der Waals surface area contributed by atoms with E-state index in [1.807, 2.05) is 0 Å². The fourth-order valence-corrected chi connectivity index (χ4v) is 1.71. The molecule has 0 aromatic heterocycles. The molecule has 0 atom stereocenters. The summed E-state index contributed by atoms with van der Waals surface area (Å²) in [6.07, 6.45) is 0.912. The summed E-state index contributed by atoms with van der Waals surface area (Å²) in [6, 6.07) is 4.97. The first-order valence-corrected chi connectivity index (χ1v) is 6.22. The van der Waals surface area contributed by atoms with E-state index in [1.54, 1.807) is 19.2 Å². The minimum Gasteiger partial charge on any atom is -0.478 e. The third-order valence-electron chi connectivity index (χ3n) is 3.08. The summed E-state index contributed by atoms with van der Waals surface area (Å²) in [7, 11) is 1.68. The Kier molecular flexibility index (Phi) is 5.18. The van der Waals surface area contributed by atoms with Crippen molar-refractivity contribution < 1.29 is 14.6 Å². The summed E-state index contributed by atoms with van der Waals surface area (Å²) in [5.41, 5.74) is 6.95. The molecule has 0 radical (unpaired) electrons. The fraction of sp³-hybridized carbons (Fsp3) is 0.500. The molecule has 0 aliphatic heterocycles. The SMILES string of the molecule is COCCC(C)(C)CNc1cccc(C(=O)O)c1N. The summed E-state index contributed by atoms with van der Waals surface area (Å²) in [6.45, 7) is 5.63. The number of benzene rings is 1. The van der Waals surface area contributed by atoms with Crippen LogP contribution < -0.4 is 11.1 Å². The number of hydrogen-bond acceptors (Lipinski definition) is 4. The largest absolute Gasteiger partial charge is 0.478 e. The Hall–Kier alpha value is -1.75. The van der Waals surface area contributed by atoms with Gasteiger partial charge in [-0.15, -0.1) is 0 Å². The van der Waals surface area contributed by atoms with E-state index in [4.69, 9.17) is 15.6 Å². The number of anilines is 2. The van der Waals surface area contributed by atoms with Gasteiger partial charge >= 0.3 is 5.97 Å². The third kappa shape index (κ3) is 4.44. The van der Waals surface area contributed by atoms with E-state index >= 15 is 0 Å². The van der Waals surface area contributed by atoms with Crippen molar-refractivity contribution in [3.8, 4) is 0 Å². The molecule has 1 rings (SSSR count). The average Bonchev–Trinajstić information content (AvgIpc) is 2.35. The molecular formula is C14H22N2O3. The van der Waals surface area contributed by atoms with Gasteiger partial charge in [0.1, 0.15) is 0 Å². The van der Waals surface area contributed by atoms with Crippen molar-refractivity contribution in [2.24, 2.45) is 5.41 Å². The summed E-state index contributed by atoms with van der Waals surface area (Å²) >= 11 is 0. The molecule has 19 heavy (non-hydrogen) atoms. The molecule has 0 bridgehead atoms. The van der Waals surface area contributed by atoms with Gasteiger partial charge in [0.2, 0.25) is 0 Å². The average molecular weight is 266 g/mol. The predicted octanol–water partition coefficient (Wildman–Crippen LogP) is 2.44. The van der Waals surface area contributed by atoms with Crippen LogP contribution in [0.15, 0.2) is 18.2 Å². The number of carboxylic acids is 1. The zero-order chi connectivity index (χ0) is 14.5. The van der Waals surface area contributed by atoms with Crippen LogP contribution in [0.5, 0.6) is 0 Å².